The number of halogens is 1. The minimum atomic E-state index is 0.449. The third-order valence-electron chi connectivity index (χ3n) is 5.08. The standard InChI is InChI=1S/C16H31ClN2/c1-19(2)12-10-15(16-5-3-4-11-18-16)13-6-8-14(17)9-7-13/h13-16,18H,3-12H2,1-2H3. The highest BCUT2D eigenvalue weighted by Gasteiger charge is 2.32. The molecule has 1 aliphatic carbocycles. The minimum absolute atomic E-state index is 0.449. The lowest BCUT2D eigenvalue weighted by Crippen LogP contribution is -2.44. The number of hydrogen-bond acceptors (Lipinski definition) is 2. The van der Waals surface area contributed by atoms with Crippen molar-refractivity contribution in [3.05, 3.63) is 0 Å². The van der Waals surface area contributed by atoms with Crippen LogP contribution in [0.2, 0.25) is 0 Å². The fourth-order valence-electron chi connectivity index (χ4n) is 3.92. The van der Waals surface area contributed by atoms with E-state index in [1.165, 1.54) is 64.5 Å². The molecule has 1 heterocycles. The van der Waals surface area contributed by atoms with Gasteiger partial charge in [-0.1, -0.05) is 6.42 Å². The van der Waals surface area contributed by atoms with Crippen LogP contribution in [0.15, 0.2) is 0 Å². The molecule has 112 valence electrons. The predicted molar refractivity (Wildman–Crippen MR) is 83.9 cm³/mol. The van der Waals surface area contributed by atoms with Gasteiger partial charge in [0.15, 0.2) is 0 Å². The molecule has 2 aliphatic rings. The summed E-state index contributed by atoms with van der Waals surface area (Å²) in [6, 6.07) is 0.769. The molecule has 2 nitrogen and oxygen atoms in total. The maximum Gasteiger partial charge on any atom is 0.0336 e. The van der Waals surface area contributed by atoms with Gasteiger partial charge in [-0.2, -0.15) is 0 Å². The molecule has 1 N–H and O–H groups in total. The molecular weight excluding hydrogens is 256 g/mol. The Morgan fingerprint density at radius 2 is 1.84 bits per heavy atom. The van der Waals surface area contributed by atoms with E-state index in [2.05, 4.69) is 24.3 Å². The summed E-state index contributed by atoms with van der Waals surface area (Å²) >= 11 is 6.28. The molecular formula is C16H31ClN2. The maximum absolute atomic E-state index is 6.28. The topological polar surface area (TPSA) is 15.3 Å². The van der Waals surface area contributed by atoms with Gasteiger partial charge >= 0.3 is 0 Å². The van der Waals surface area contributed by atoms with Crippen molar-refractivity contribution in [2.75, 3.05) is 27.2 Å². The van der Waals surface area contributed by atoms with Gasteiger partial charge in [-0.15, -0.1) is 11.6 Å². The Hall–Kier alpha value is 0.210. The Bertz CT molecular complexity index is 243. The van der Waals surface area contributed by atoms with Gasteiger partial charge in [0.2, 0.25) is 0 Å². The fourth-order valence-corrected chi connectivity index (χ4v) is 4.18. The first-order chi connectivity index (χ1) is 9.16. The summed E-state index contributed by atoms with van der Waals surface area (Å²) in [5, 5.41) is 4.25. The van der Waals surface area contributed by atoms with E-state index in [1.54, 1.807) is 0 Å². The first-order valence-electron chi connectivity index (χ1n) is 8.19. The van der Waals surface area contributed by atoms with Crippen molar-refractivity contribution >= 4 is 11.6 Å². The predicted octanol–water partition coefficient (Wildman–Crippen LogP) is 3.49. The summed E-state index contributed by atoms with van der Waals surface area (Å²) in [5.41, 5.74) is 0. The van der Waals surface area contributed by atoms with E-state index < -0.39 is 0 Å². The number of nitrogens with zero attached hydrogens (tertiary/aromatic N) is 1. The molecule has 0 aromatic rings. The second kappa shape index (κ2) is 7.85. The summed E-state index contributed by atoms with van der Waals surface area (Å²) < 4.78 is 0. The van der Waals surface area contributed by atoms with Crippen molar-refractivity contribution in [1.29, 1.82) is 0 Å². The average molecular weight is 287 g/mol. The summed E-state index contributed by atoms with van der Waals surface area (Å²) in [6.45, 7) is 2.46. The smallest absolute Gasteiger partial charge is 0.0336 e. The SMILES string of the molecule is CN(C)CCC(C1CCC(Cl)CC1)C1CCCCN1. The third-order valence-corrected chi connectivity index (χ3v) is 5.52. The molecule has 0 amide bonds. The van der Waals surface area contributed by atoms with E-state index in [0.717, 1.165) is 17.9 Å². The zero-order valence-electron chi connectivity index (χ0n) is 12.7. The van der Waals surface area contributed by atoms with Crippen LogP contribution in [0.5, 0.6) is 0 Å². The first kappa shape index (κ1) is 15.6. The van der Waals surface area contributed by atoms with Gasteiger partial charge in [-0.25, -0.2) is 0 Å². The van der Waals surface area contributed by atoms with Crippen LogP contribution in [-0.4, -0.2) is 43.5 Å². The molecule has 0 aromatic carbocycles. The van der Waals surface area contributed by atoms with Crippen molar-refractivity contribution in [3.63, 3.8) is 0 Å². The number of rotatable bonds is 5. The van der Waals surface area contributed by atoms with Crippen molar-refractivity contribution in [3.8, 4) is 0 Å². The summed E-state index contributed by atoms with van der Waals surface area (Å²) in [6.07, 6.45) is 10.7. The van der Waals surface area contributed by atoms with E-state index in [-0.39, 0.29) is 0 Å². The van der Waals surface area contributed by atoms with Crippen molar-refractivity contribution in [1.82, 2.24) is 10.2 Å². The van der Waals surface area contributed by atoms with Gasteiger partial charge in [0.1, 0.15) is 0 Å². The molecule has 1 saturated carbocycles. The fraction of sp³-hybridized carbons (Fsp3) is 1.00. The Labute approximate surface area is 124 Å². The Morgan fingerprint density at radius 1 is 1.11 bits per heavy atom. The second-order valence-electron chi connectivity index (χ2n) is 6.82. The molecule has 2 rings (SSSR count). The lowest BCUT2D eigenvalue weighted by molar-refractivity contribution is 0.155. The van der Waals surface area contributed by atoms with Crippen LogP contribution in [0.1, 0.15) is 51.4 Å². The van der Waals surface area contributed by atoms with Crippen LogP contribution in [-0.2, 0) is 0 Å². The van der Waals surface area contributed by atoms with E-state index >= 15 is 0 Å². The molecule has 0 aromatic heterocycles. The van der Waals surface area contributed by atoms with E-state index in [0.29, 0.717) is 5.38 Å². The molecule has 2 unspecified atom stereocenters. The summed E-state index contributed by atoms with van der Waals surface area (Å²) in [5.74, 6) is 1.78. The molecule has 2 atom stereocenters. The zero-order chi connectivity index (χ0) is 13.7. The van der Waals surface area contributed by atoms with Crippen LogP contribution in [0.3, 0.4) is 0 Å². The van der Waals surface area contributed by atoms with Crippen LogP contribution in [0.25, 0.3) is 0 Å². The van der Waals surface area contributed by atoms with Crippen LogP contribution in [0.4, 0.5) is 0 Å². The number of nitrogens with one attached hydrogen (secondary N) is 1. The van der Waals surface area contributed by atoms with Crippen molar-refractivity contribution in [2.45, 2.75) is 62.8 Å². The highest BCUT2D eigenvalue weighted by Crippen LogP contribution is 2.37. The van der Waals surface area contributed by atoms with Crippen LogP contribution < -0.4 is 5.32 Å². The molecule has 19 heavy (non-hydrogen) atoms. The van der Waals surface area contributed by atoms with Gasteiger partial charge in [0, 0.05) is 11.4 Å². The van der Waals surface area contributed by atoms with Gasteiger partial charge < -0.3 is 10.2 Å². The van der Waals surface area contributed by atoms with Crippen LogP contribution >= 0.6 is 11.6 Å². The van der Waals surface area contributed by atoms with Crippen LogP contribution in [0, 0.1) is 11.8 Å². The van der Waals surface area contributed by atoms with Gasteiger partial charge in [0.05, 0.1) is 0 Å². The highest BCUT2D eigenvalue weighted by molar-refractivity contribution is 6.20. The Balaban J connectivity index is 1.92. The summed E-state index contributed by atoms with van der Waals surface area (Å²) in [4.78, 5) is 2.34. The molecule has 0 radical (unpaired) electrons. The number of alkyl halides is 1. The largest absolute Gasteiger partial charge is 0.314 e. The monoisotopic (exact) mass is 286 g/mol. The Morgan fingerprint density at radius 3 is 2.42 bits per heavy atom. The highest BCUT2D eigenvalue weighted by atomic mass is 35.5. The number of hydrogen-bond donors (Lipinski definition) is 1. The van der Waals surface area contributed by atoms with E-state index in [1.807, 2.05) is 0 Å². The average Bonchev–Trinajstić information content (AvgIpc) is 2.42. The van der Waals surface area contributed by atoms with Gasteiger partial charge in [-0.3, -0.25) is 0 Å². The molecule has 0 spiro atoms. The molecule has 0 bridgehead atoms. The van der Waals surface area contributed by atoms with Gasteiger partial charge in [-0.05, 0) is 84.0 Å². The third kappa shape index (κ3) is 4.91. The lowest BCUT2D eigenvalue weighted by atomic mass is 9.73. The Kier molecular flexibility index (Phi) is 6.44. The molecule has 2 fully saturated rings. The molecule has 1 aliphatic heterocycles. The zero-order valence-corrected chi connectivity index (χ0v) is 13.5. The summed E-state index contributed by atoms with van der Waals surface area (Å²) in [7, 11) is 4.39. The van der Waals surface area contributed by atoms with Crippen molar-refractivity contribution in [2.24, 2.45) is 11.8 Å². The molecule has 1 saturated heterocycles. The van der Waals surface area contributed by atoms with Gasteiger partial charge in [0.25, 0.3) is 0 Å². The lowest BCUT2D eigenvalue weighted by Gasteiger charge is -2.39. The van der Waals surface area contributed by atoms with E-state index in [9.17, 15) is 0 Å². The van der Waals surface area contributed by atoms with E-state index in [4.69, 9.17) is 11.6 Å². The minimum Gasteiger partial charge on any atom is -0.314 e. The maximum atomic E-state index is 6.28. The first-order valence-corrected chi connectivity index (χ1v) is 8.62. The second-order valence-corrected chi connectivity index (χ2v) is 7.44. The quantitative estimate of drug-likeness (QED) is 0.778. The number of piperidine rings is 1. The molecule has 3 heteroatoms. The van der Waals surface area contributed by atoms with Crippen molar-refractivity contribution < 1.29 is 0 Å². The normalized spacial score (nSPS) is 34.4.